The predicted octanol–water partition coefficient (Wildman–Crippen LogP) is 3.02. The molecule has 1 aromatic carbocycles. The maximum Gasteiger partial charge on any atom is 0.174 e. The Bertz CT molecular complexity index is 624. The Morgan fingerprint density at radius 3 is 2.47 bits per heavy atom. The first kappa shape index (κ1) is 12.5. The second-order valence-corrected chi connectivity index (χ2v) is 8.47. The topological polar surface area (TPSA) is 12.9 Å². The molecule has 1 heterocycles. The van der Waals surface area contributed by atoms with Crippen molar-refractivity contribution in [3.05, 3.63) is 35.8 Å². The van der Waals surface area contributed by atoms with E-state index < -0.39 is 17.5 Å². The average molecular weight is 275 g/mol. The van der Waals surface area contributed by atoms with E-state index in [1.54, 1.807) is 0 Å². The molecule has 6 heteroatoms. The number of hydrogen-bond acceptors (Lipinski definition) is 1. The van der Waals surface area contributed by atoms with Crippen molar-refractivity contribution in [3.8, 4) is 0 Å². The zero-order valence-corrected chi connectivity index (χ0v) is 10.9. The molecule has 0 saturated heterocycles. The quantitative estimate of drug-likeness (QED) is 0.576. The van der Waals surface area contributed by atoms with E-state index in [4.69, 9.17) is 0 Å². The number of rotatable bonds is 1. The summed E-state index contributed by atoms with van der Waals surface area (Å²) in [4.78, 5) is 3.77. The normalized spacial score (nSPS) is 11.6. The molecule has 2 aromatic rings. The lowest BCUT2D eigenvalue weighted by Gasteiger charge is -2.06. The minimum atomic E-state index is -1.11. The van der Waals surface area contributed by atoms with Crippen molar-refractivity contribution in [3.63, 3.8) is 0 Å². The average Bonchev–Trinajstić information content (AvgIpc) is 2.31. The van der Waals surface area contributed by atoms with E-state index in [2.05, 4.69) is 4.98 Å². The summed E-state index contributed by atoms with van der Waals surface area (Å²) in [6.45, 7) is 0. The van der Waals surface area contributed by atoms with Gasteiger partial charge in [-0.1, -0.05) is 0 Å². The lowest BCUT2D eigenvalue weighted by molar-refractivity contribution is 0.514. The summed E-state index contributed by atoms with van der Waals surface area (Å²) in [6.07, 6.45) is 5.03. The smallest absolute Gasteiger partial charge is 0.174 e. The van der Waals surface area contributed by atoms with Crippen LogP contribution in [0.5, 0.6) is 0 Å². The van der Waals surface area contributed by atoms with Gasteiger partial charge in [-0.3, -0.25) is 4.98 Å². The standard InChI is InChI=1S/C11H9F3NPS/c1-17(2)16-11-8(13)7(12)6-4-3-5-15-10(6)9(11)14/h3-5H,1-2H3. The third-order valence-electron chi connectivity index (χ3n) is 2.13. The summed E-state index contributed by atoms with van der Waals surface area (Å²) in [5.74, 6) is -2.89. The van der Waals surface area contributed by atoms with Gasteiger partial charge in [-0.05, 0) is 32.0 Å². The molecule has 2 rings (SSSR count). The highest BCUT2D eigenvalue weighted by Gasteiger charge is 2.19. The second kappa shape index (κ2) is 4.75. The summed E-state index contributed by atoms with van der Waals surface area (Å²) >= 11 is 0. The van der Waals surface area contributed by atoms with Crippen LogP contribution in [-0.2, 0) is 10.1 Å². The zero-order valence-electron chi connectivity index (χ0n) is 9.17. The molecule has 0 aliphatic heterocycles. The third-order valence-corrected chi connectivity index (χ3v) is 4.72. The molecule has 1 nitrogen and oxygen atoms in total. The van der Waals surface area contributed by atoms with E-state index in [0.717, 1.165) is 0 Å². The Hall–Kier alpha value is -0.930. The largest absolute Gasteiger partial charge is 0.253 e. The van der Waals surface area contributed by atoms with Crippen LogP contribution in [0.3, 0.4) is 0 Å². The predicted molar refractivity (Wildman–Crippen MR) is 67.4 cm³/mol. The molecule has 0 saturated carbocycles. The van der Waals surface area contributed by atoms with E-state index in [-0.39, 0.29) is 26.3 Å². The molecule has 0 bridgehead atoms. The number of aromatic nitrogens is 1. The fourth-order valence-electron chi connectivity index (χ4n) is 1.45. The Morgan fingerprint density at radius 2 is 1.82 bits per heavy atom. The van der Waals surface area contributed by atoms with E-state index in [9.17, 15) is 13.2 Å². The summed E-state index contributed by atoms with van der Waals surface area (Å²) < 4.78 is 41.4. The molecule has 0 radical (unpaired) electrons. The number of benzene rings is 1. The molecule has 1 aromatic heterocycles. The SMILES string of the molecule is CS(C)=Pc1c(F)c(F)c2cccnc2c1F. The van der Waals surface area contributed by atoms with Gasteiger partial charge in [0.1, 0.15) is 5.52 Å². The first-order valence-electron chi connectivity index (χ1n) is 4.73. The second-order valence-electron chi connectivity index (χ2n) is 3.55. The van der Waals surface area contributed by atoms with Crippen LogP contribution in [0.25, 0.3) is 10.9 Å². The number of halogens is 3. The van der Waals surface area contributed by atoms with Crippen LogP contribution in [-0.4, -0.2) is 17.5 Å². The summed E-state index contributed by atoms with van der Waals surface area (Å²) in [5.41, 5.74) is -0.112. The maximum absolute atomic E-state index is 14.0. The van der Waals surface area contributed by atoms with Gasteiger partial charge >= 0.3 is 0 Å². The van der Waals surface area contributed by atoms with Gasteiger partial charge in [0.15, 0.2) is 17.5 Å². The molecule has 0 fully saturated rings. The first-order valence-corrected chi connectivity index (χ1v) is 8.27. The van der Waals surface area contributed by atoms with Crippen molar-refractivity contribution in [1.29, 1.82) is 0 Å². The van der Waals surface area contributed by atoms with E-state index in [0.29, 0.717) is 7.36 Å². The Morgan fingerprint density at radius 1 is 1.12 bits per heavy atom. The van der Waals surface area contributed by atoms with Crippen LogP contribution < -0.4 is 5.30 Å². The van der Waals surface area contributed by atoms with Gasteiger partial charge in [0.25, 0.3) is 0 Å². The molecule has 0 spiro atoms. The Kier molecular flexibility index (Phi) is 3.50. The van der Waals surface area contributed by atoms with E-state index in [1.165, 1.54) is 18.3 Å². The monoisotopic (exact) mass is 275 g/mol. The van der Waals surface area contributed by atoms with Crippen LogP contribution in [0.15, 0.2) is 18.3 Å². The van der Waals surface area contributed by atoms with Crippen LogP contribution in [0, 0.1) is 17.5 Å². The van der Waals surface area contributed by atoms with Crippen LogP contribution in [0.1, 0.15) is 0 Å². The van der Waals surface area contributed by atoms with E-state index in [1.807, 2.05) is 12.5 Å². The zero-order chi connectivity index (χ0) is 12.6. The fraction of sp³-hybridized carbons (Fsp3) is 0.182. The van der Waals surface area contributed by atoms with Crippen molar-refractivity contribution in [1.82, 2.24) is 4.98 Å². The molecule has 0 aliphatic carbocycles. The van der Waals surface area contributed by atoms with Crippen molar-refractivity contribution in [2.45, 2.75) is 0 Å². The van der Waals surface area contributed by atoms with Crippen LogP contribution >= 0.6 is 7.36 Å². The molecule has 0 aliphatic rings. The highest BCUT2D eigenvalue weighted by Crippen LogP contribution is 2.23. The fourth-order valence-corrected chi connectivity index (χ4v) is 3.76. The summed E-state index contributed by atoms with van der Waals surface area (Å²) in [5, 5.41) is -0.351. The van der Waals surface area contributed by atoms with Gasteiger partial charge in [0.05, 0.1) is 5.30 Å². The minimum Gasteiger partial charge on any atom is -0.253 e. The van der Waals surface area contributed by atoms with Gasteiger partial charge in [0.2, 0.25) is 0 Å². The number of hydrogen-bond donors (Lipinski definition) is 0. The first-order chi connectivity index (χ1) is 8.02. The van der Waals surface area contributed by atoms with Gasteiger partial charge < -0.3 is 0 Å². The molecular formula is C11H9F3NPS. The van der Waals surface area contributed by atoms with Gasteiger partial charge in [-0.15, -0.1) is 0 Å². The minimum absolute atomic E-state index is 0.112. The van der Waals surface area contributed by atoms with Crippen molar-refractivity contribution in [2.75, 3.05) is 12.5 Å². The highest BCUT2D eigenvalue weighted by atomic mass is 32.5. The molecule has 0 amide bonds. The highest BCUT2D eigenvalue weighted by molar-refractivity contribution is 8.21. The molecule has 0 atom stereocenters. The lowest BCUT2D eigenvalue weighted by Crippen LogP contribution is -2.11. The van der Waals surface area contributed by atoms with Gasteiger partial charge in [-0.25, -0.2) is 13.2 Å². The lowest BCUT2D eigenvalue weighted by atomic mass is 10.2. The van der Waals surface area contributed by atoms with Crippen LogP contribution in [0.4, 0.5) is 13.2 Å². The molecule has 0 unspecified atom stereocenters. The molecule has 17 heavy (non-hydrogen) atoms. The Balaban J connectivity index is 2.91. The van der Waals surface area contributed by atoms with Crippen molar-refractivity contribution < 1.29 is 13.2 Å². The van der Waals surface area contributed by atoms with Crippen molar-refractivity contribution >= 4 is 33.6 Å². The third kappa shape index (κ3) is 2.22. The summed E-state index contributed by atoms with van der Waals surface area (Å²) in [7, 11) is 0.207. The summed E-state index contributed by atoms with van der Waals surface area (Å²) in [6, 6.07) is 2.77. The van der Waals surface area contributed by atoms with Crippen LogP contribution in [0.2, 0.25) is 0 Å². The van der Waals surface area contributed by atoms with Gasteiger partial charge in [0, 0.05) is 11.6 Å². The van der Waals surface area contributed by atoms with Crippen molar-refractivity contribution in [2.24, 2.45) is 0 Å². The maximum atomic E-state index is 14.0. The van der Waals surface area contributed by atoms with E-state index >= 15 is 0 Å². The number of pyridine rings is 1. The van der Waals surface area contributed by atoms with Gasteiger partial charge in [-0.2, -0.15) is 10.1 Å². The molecule has 90 valence electrons. The molecular weight excluding hydrogens is 266 g/mol. The number of fused-ring (bicyclic) bond motifs is 1. The molecule has 0 N–H and O–H groups in total. The number of nitrogens with zero attached hydrogens (tertiary/aromatic N) is 1. The Labute approximate surface area is 100 Å².